The minimum Gasteiger partial charge on any atom is -0.372 e. The van der Waals surface area contributed by atoms with Gasteiger partial charge in [-0.3, -0.25) is 9.98 Å². The van der Waals surface area contributed by atoms with Crippen LogP contribution < -0.4 is 10.6 Å². The fourth-order valence-electron chi connectivity index (χ4n) is 3.19. The summed E-state index contributed by atoms with van der Waals surface area (Å²) in [7, 11) is 0. The van der Waals surface area contributed by atoms with E-state index in [0.717, 1.165) is 76.4 Å². The molecule has 0 fully saturated rings. The molecule has 0 radical (unpaired) electrons. The Morgan fingerprint density at radius 3 is 1.46 bits per heavy atom. The van der Waals surface area contributed by atoms with E-state index in [1.54, 1.807) is 0 Å². The van der Waals surface area contributed by atoms with Gasteiger partial charge in [-0.15, -0.1) is 0 Å². The molecule has 2 aliphatic heterocycles. The van der Waals surface area contributed by atoms with Crippen LogP contribution in [-0.4, -0.2) is 49.9 Å². The highest BCUT2D eigenvalue weighted by atomic mass is 15.2. The van der Waals surface area contributed by atoms with Gasteiger partial charge >= 0.3 is 0 Å². The lowest BCUT2D eigenvalue weighted by atomic mass is 10.0. The SMILES string of the molecule is CC(C)CCC(N=NC(CCC(C)C)C1=NCCCN1)C1=NCCCN1. The van der Waals surface area contributed by atoms with Gasteiger partial charge < -0.3 is 10.6 Å². The van der Waals surface area contributed by atoms with Gasteiger partial charge in [-0.05, 0) is 50.4 Å². The van der Waals surface area contributed by atoms with Crippen LogP contribution in [0.15, 0.2) is 20.2 Å². The average molecular weight is 363 g/mol. The fraction of sp³-hybridized carbons (Fsp3) is 0.900. The van der Waals surface area contributed by atoms with Crippen molar-refractivity contribution in [2.45, 2.75) is 78.3 Å². The summed E-state index contributed by atoms with van der Waals surface area (Å²) in [5.41, 5.74) is 0. The first-order valence-electron chi connectivity index (χ1n) is 10.5. The molecule has 6 nitrogen and oxygen atoms in total. The number of aliphatic imine (C=N–C) groups is 2. The van der Waals surface area contributed by atoms with Gasteiger partial charge in [0.2, 0.25) is 0 Å². The van der Waals surface area contributed by atoms with Crippen LogP contribution in [0.1, 0.15) is 66.2 Å². The van der Waals surface area contributed by atoms with E-state index in [4.69, 9.17) is 10.2 Å². The van der Waals surface area contributed by atoms with Crippen LogP contribution in [-0.2, 0) is 0 Å². The van der Waals surface area contributed by atoms with Gasteiger partial charge in [0, 0.05) is 26.2 Å². The molecule has 0 bridgehead atoms. The number of rotatable bonds is 10. The second-order valence-electron chi connectivity index (χ2n) is 8.30. The van der Waals surface area contributed by atoms with Gasteiger partial charge in [-0.2, -0.15) is 10.2 Å². The monoisotopic (exact) mass is 362 g/mol. The summed E-state index contributed by atoms with van der Waals surface area (Å²) in [4.78, 5) is 9.36. The van der Waals surface area contributed by atoms with Gasteiger partial charge in [0.15, 0.2) is 0 Å². The molecule has 0 aliphatic carbocycles. The first kappa shape index (κ1) is 20.8. The van der Waals surface area contributed by atoms with E-state index >= 15 is 0 Å². The van der Waals surface area contributed by atoms with Crippen molar-refractivity contribution in [3.63, 3.8) is 0 Å². The van der Waals surface area contributed by atoms with Crippen LogP contribution in [0.25, 0.3) is 0 Å². The highest BCUT2D eigenvalue weighted by Crippen LogP contribution is 2.16. The average Bonchev–Trinajstić information content (AvgIpc) is 2.65. The summed E-state index contributed by atoms with van der Waals surface area (Å²) in [5.74, 6) is 3.39. The van der Waals surface area contributed by atoms with E-state index in [1.165, 1.54) is 0 Å². The molecule has 0 aromatic carbocycles. The molecule has 0 saturated carbocycles. The molecule has 0 saturated heterocycles. The third kappa shape index (κ3) is 7.42. The third-order valence-electron chi connectivity index (χ3n) is 4.86. The van der Waals surface area contributed by atoms with E-state index < -0.39 is 0 Å². The molecule has 0 aromatic heterocycles. The molecule has 0 amide bonds. The molecule has 6 heteroatoms. The Labute approximate surface area is 159 Å². The largest absolute Gasteiger partial charge is 0.372 e. The zero-order valence-corrected chi connectivity index (χ0v) is 17.2. The van der Waals surface area contributed by atoms with E-state index in [0.29, 0.717) is 11.8 Å². The Morgan fingerprint density at radius 2 is 1.15 bits per heavy atom. The summed E-state index contributed by atoms with van der Waals surface area (Å²) < 4.78 is 0. The Bertz CT molecular complexity index is 451. The maximum Gasteiger partial charge on any atom is 0.128 e. The lowest BCUT2D eigenvalue weighted by Crippen LogP contribution is -2.39. The molecule has 0 aromatic rings. The second-order valence-corrected chi connectivity index (χ2v) is 8.30. The molecular weight excluding hydrogens is 324 g/mol. The maximum absolute atomic E-state index is 4.78. The number of nitrogens with zero attached hydrogens (tertiary/aromatic N) is 4. The zero-order valence-electron chi connectivity index (χ0n) is 17.2. The molecule has 26 heavy (non-hydrogen) atoms. The van der Waals surface area contributed by atoms with Crippen LogP contribution >= 0.6 is 0 Å². The second kappa shape index (κ2) is 11.3. The predicted molar refractivity (Wildman–Crippen MR) is 110 cm³/mol. The zero-order chi connectivity index (χ0) is 18.8. The van der Waals surface area contributed by atoms with Crippen molar-refractivity contribution >= 4 is 11.7 Å². The van der Waals surface area contributed by atoms with Crippen LogP contribution in [0.5, 0.6) is 0 Å². The van der Waals surface area contributed by atoms with Crippen LogP contribution in [0.2, 0.25) is 0 Å². The van der Waals surface area contributed by atoms with Crippen molar-refractivity contribution in [3.05, 3.63) is 0 Å². The van der Waals surface area contributed by atoms with Crippen LogP contribution in [0, 0.1) is 11.8 Å². The predicted octanol–water partition coefficient (Wildman–Crippen LogP) is 3.83. The molecule has 2 heterocycles. The number of hydrogen-bond donors (Lipinski definition) is 2. The van der Waals surface area contributed by atoms with Crippen LogP contribution in [0.4, 0.5) is 0 Å². The van der Waals surface area contributed by atoms with Crippen molar-refractivity contribution in [2.24, 2.45) is 32.0 Å². The standard InChI is InChI=1S/C20H38N6/c1-15(2)7-9-17(19-21-11-5-12-22-19)25-26-18(10-8-16(3)4)20-23-13-6-14-24-20/h15-18H,5-14H2,1-4H3,(H,21,22)(H,23,24). The van der Waals surface area contributed by atoms with Gasteiger partial charge in [0.1, 0.15) is 23.8 Å². The summed E-state index contributed by atoms with van der Waals surface area (Å²) in [6.07, 6.45) is 6.50. The number of hydrogen-bond acceptors (Lipinski definition) is 6. The Kier molecular flexibility index (Phi) is 9.06. The Morgan fingerprint density at radius 1 is 0.731 bits per heavy atom. The summed E-state index contributed by atoms with van der Waals surface area (Å²) in [5, 5.41) is 16.5. The van der Waals surface area contributed by atoms with Gasteiger partial charge in [-0.25, -0.2) is 0 Å². The lowest BCUT2D eigenvalue weighted by molar-refractivity contribution is 0.501. The Hall–Kier alpha value is -1.46. The first-order valence-corrected chi connectivity index (χ1v) is 10.5. The molecule has 2 aliphatic rings. The molecule has 148 valence electrons. The van der Waals surface area contributed by atoms with Gasteiger partial charge in [-0.1, -0.05) is 27.7 Å². The van der Waals surface area contributed by atoms with E-state index in [9.17, 15) is 0 Å². The first-order chi connectivity index (χ1) is 12.6. The highest BCUT2D eigenvalue weighted by Gasteiger charge is 2.21. The molecule has 2 rings (SSSR count). The van der Waals surface area contributed by atoms with Crippen molar-refractivity contribution in [1.82, 2.24) is 10.6 Å². The van der Waals surface area contributed by atoms with Crippen molar-refractivity contribution in [1.29, 1.82) is 0 Å². The van der Waals surface area contributed by atoms with E-state index in [-0.39, 0.29) is 12.1 Å². The van der Waals surface area contributed by atoms with E-state index in [1.807, 2.05) is 0 Å². The number of nitrogens with one attached hydrogen (secondary N) is 2. The third-order valence-corrected chi connectivity index (χ3v) is 4.86. The molecule has 2 atom stereocenters. The summed E-state index contributed by atoms with van der Waals surface area (Å²) in [6.45, 7) is 12.8. The molecule has 2 unspecified atom stereocenters. The van der Waals surface area contributed by atoms with Crippen molar-refractivity contribution in [2.75, 3.05) is 26.2 Å². The topological polar surface area (TPSA) is 73.5 Å². The van der Waals surface area contributed by atoms with Gasteiger partial charge in [0.05, 0.1) is 0 Å². The minimum atomic E-state index is 0.0587. The van der Waals surface area contributed by atoms with E-state index in [2.05, 4.69) is 48.3 Å². The van der Waals surface area contributed by atoms with Gasteiger partial charge in [0.25, 0.3) is 0 Å². The molecular formula is C20H38N6. The fourth-order valence-corrected chi connectivity index (χ4v) is 3.19. The van der Waals surface area contributed by atoms with Crippen molar-refractivity contribution < 1.29 is 0 Å². The smallest absolute Gasteiger partial charge is 0.128 e. The Balaban J connectivity index is 2.09. The normalized spacial score (nSPS) is 20.5. The maximum atomic E-state index is 4.78. The number of amidine groups is 2. The summed E-state index contributed by atoms with van der Waals surface area (Å²) >= 11 is 0. The lowest BCUT2D eigenvalue weighted by Gasteiger charge is -2.23. The van der Waals surface area contributed by atoms with Crippen molar-refractivity contribution in [3.8, 4) is 0 Å². The molecule has 2 N–H and O–H groups in total. The minimum absolute atomic E-state index is 0.0587. The highest BCUT2D eigenvalue weighted by molar-refractivity contribution is 5.89. The number of azo groups is 1. The molecule has 0 spiro atoms. The summed E-state index contributed by atoms with van der Waals surface area (Å²) in [6, 6.07) is 0.117. The van der Waals surface area contributed by atoms with Crippen LogP contribution in [0.3, 0.4) is 0 Å². The quantitative estimate of drug-likeness (QED) is 0.580.